The van der Waals surface area contributed by atoms with E-state index in [4.69, 9.17) is 23.3 Å². The first-order valence-corrected chi connectivity index (χ1v) is 35.3. The van der Waals surface area contributed by atoms with Crippen LogP contribution in [0.5, 0.6) is 0 Å². The summed E-state index contributed by atoms with van der Waals surface area (Å²) in [4.78, 5) is 48.9. The van der Waals surface area contributed by atoms with E-state index in [1.165, 1.54) is 148 Å². The molecule has 0 spiro atoms. The highest BCUT2D eigenvalue weighted by Gasteiger charge is 2.28. The topological polar surface area (TPSA) is 155 Å². The maximum Gasteiger partial charge on any atom is 0.472 e. The monoisotopic (exact) mass is 1170 g/mol. The van der Waals surface area contributed by atoms with Crippen LogP contribution in [0.2, 0.25) is 0 Å². The highest BCUT2D eigenvalue weighted by Crippen LogP contribution is 2.43. The quantitative estimate of drug-likeness (QED) is 0.0197. The zero-order chi connectivity index (χ0) is 59.8. The molecule has 3 unspecified atom stereocenters. The number of carbonyl (C=O) groups is 3. The molecule has 0 fully saturated rings. The van der Waals surface area contributed by atoms with Crippen molar-refractivity contribution in [2.75, 3.05) is 26.4 Å². The molecule has 12 heteroatoms. The number of hydrogen-bond acceptors (Lipinski definition) is 10. The van der Waals surface area contributed by atoms with Gasteiger partial charge in [-0.2, -0.15) is 0 Å². The van der Waals surface area contributed by atoms with Crippen molar-refractivity contribution in [3.05, 3.63) is 72.9 Å². The molecular weight excluding hydrogens is 1050 g/mol. The van der Waals surface area contributed by atoms with Crippen LogP contribution < -0.4 is 0 Å². The van der Waals surface area contributed by atoms with Crippen LogP contribution in [0.15, 0.2) is 72.9 Å². The van der Waals surface area contributed by atoms with Crippen LogP contribution in [0.4, 0.5) is 0 Å². The summed E-state index contributed by atoms with van der Waals surface area (Å²) >= 11 is 0. The fourth-order valence-electron chi connectivity index (χ4n) is 9.39. The maximum absolute atomic E-state index is 13.0. The predicted octanol–water partition coefficient (Wildman–Crippen LogP) is 20.8. The van der Waals surface area contributed by atoms with E-state index >= 15 is 0 Å². The lowest BCUT2D eigenvalue weighted by atomic mass is 10.1. The van der Waals surface area contributed by atoms with Gasteiger partial charge in [0.05, 0.1) is 19.8 Å². The number of hydrogen-bond donors (Lipinski definition) is 2. The Morgan fingerprint density at radius 1 is 0.341 bits per heavy atom. The normalized spacial score (nSPS) is 13.7. The first kappa shape index (κ1) is 78.9. The number of rotatable bonds is 63. The molecule has 11 nitrogen and oxygen atoms in total. The van der Waals surface area contributed by atoms with Gasteiger partial charge in [0.15, 0.2) is 6.10 Å². The summed E-state index contributed by atoms with van der Waals surface area (Å²) in [7, 11) is -4.76. The van der Waals surface area contributed by atoms with E-state index < -0.39 is 57.8 Å². The predicted molar refractivity (Wildman–Crippen MR) is 344 cm³/mol. The highest BCUT2D eigenvalue weighted by atomic mass is 31.2. The lowest BCUT2D eigenvalue weighted by Gasteiger charge is -2.21. The molecule has 0 rings (SSSR count). The molecule has 0 aliphatic carbocycles. The van der Waals surface area contributed by atoms with E-state index in [0.717, 1.165) is 109 Å². The van der Waals surface area contributed by atoms with Crippen molar-refractivity contribution in [3.63, 3.8) is 0 Å². The third-order valence-corrected chi connectivity index (χ3v) is 15.5. The van der Waals surface area contributed by atoms with Crippen molar-refractivity contribution in [2.45, 2.75) is 328 Å². The second-order valence-electron chi connectivity index (χ2n) is 22.6. The maximum atomic E-state index is 13.0. The number of phosphoric acid groups is 1. The number of ether oxygens (including phenoxy) is 3. The van der Waals surface area contributed by atoms with E-state index in [1.807, 2.05) is 0 Å². The third-order valence-electron chi connectivity index (χ3n) is 14.6. The molecule has 0 aliphatic heterocycles. The van der Waals surface area contributed by atoms with Crippen LogP contribution in [0, 0.1) is 0 Å². The minimum Gasteiger partial charge on any atom is -0.462 e. The third kappa shape index (κ3) is 61.5. The SMILES string of the molecule is CCCCC/C=C\C/C=C\C/C=C\CCCCCCCCC(=O)OC(COC(=O)CCCCCCCCCCC/C=C\CCCCCCCC)COP(=O)(O)OCC(CO)OC(=O)CCCCCCCCC/C=C\C/C=C\CCCCC. The summed E-state index contributed by atoms with van der Waals surface area (Å²) in [6.07, 6.45) is 74.1. The van der Waals surface area contributed by atoms with E-state index in [1.54, 1.807) is 0 Å². The molecule has 0 saturated carbocycles. The Labute approximate surface area is 503 Å². The number of phosphoric ester groups is 1. The number of esters is 3. The van der Waals surface area contributed by atoms with Gasteiger partial charge < -0.3 is 24.2 Å². The molecule has 0 heterocycles. The molecule has 0 aromatic rings. The van der Waals surface area contributed by atoms with Crippen LogP contribution >= 0.6 is 7.82 Å². The van der Waals surface area contributed by atoms with Gasteiger partial charge in [0.25, 0.3) is 0 Å². The van der Waals surface area contributed by atoms with Crippen LogP contribution in [0.1, 0.15) is 316 Å². The molecule has 0 saturated heterocycles. The van der Waals surface area contributed by atoms with Gasteiger partial charge in [-0.15, -0.1) is 0 Å². The molecule has 0 aromatic carbocycles. The van der Waals surface area contributed by atoms with Crippen LogP contribution in [0.25, 0.3) is 0 Å². The Morgan fingerprint density at radius 2 is 0.598 bits per heavy atom. The second-order valence-corrected chi connectivity index (χ2v) is 24.1. The highest BCUT2D eigenvalue weighted by molar-refractivity contribution is 7.47. The van der Waals surface area contributed by atoms with Gasteiger partial charge in [-0.05, 0) is 116 Å². The largest absolute Gasteiger partial charge is 0.472 e. The van der Waals surface area contributed by atoms with E-state index in [9.17, 15) is 28.9 Å². The van der Waals surface area contributed by atoms with Crippen molar-refractivity contribution in [1.82, 2.24) is 0 Å². The lowest BCUT2D eigenvalue weighted by molar-refractivity contribution is -0.161. The van der Waals surface area contributed by atoms with Gasteiger partial charge in [0.1, 0.15) is 12.7 Å². The van der Waals surface area contributed by atoms with Gasteiger partial charge in [-0.1, -0.05) is 254 Å². The number of carbonyl (C=O) groups excluding carboxylic acids is 3. The minimum absolute atomic E-state index is 0.152. The molecule has 0 amide bonds. The summed E-state index contributed by atoms with van der Waals surface area (Å²) in [6.45, 7) is 4.62. The van der Waals surface area contributed by atoms with Crippen molar-refractivity contribution < 1.29 is 52.2 Å². The number of allylic oxidation sites excluding steroid dienone is 12. The molecule has 3 atom stereocenters. The van der Waals surface area contributed by atoms with E-state index in [2.05, 4.69) is 93.7 Å². The van der Waals surface area contributed by atoms with Crippen molar-refractivity contribution in [2.24, 2.45) is 0 Å². The Balaban J connectivity index is 4.71. The Hall–Kier alpha value is -3.08. The fourth-order valence-corrected chi connectivity index (χ4v) is 10.2. The van der Waals surface area contributed by atoms with Crippen molar-refractivity contribution >= 4 is 25.7 Å². The fraction of sp³-hybridized carbons (Fsp3) is 0.786. The van der Waals surface area contributed by atoms with Crippen LogP contribution in [0.3, 0.4) is 0 Å². The van der Waals surface area contributed by atoms with E-state index in [0.29, 0.717) is 19.3 Å². The molecule has 476 valence electrons. The summed E-state index contributed by atoms with van der Waals surface area (Å²) in [5.41, 5.74) is 0. The van der Waals surface area contributed by atoms with Gasteiger partial charge in [-0.25, -0.2) is 4.57 Å². The smallest absolute Gasteiger partial charge is 0.462 e. The van der Waals surface area contributed by atoms with Crippen molar-refractivity contribution in [1.29, 1.82) is 0 Å². The molecule has 0 radical (unpaired) electrons. The van der Waals surface area contributed by atoms with Gasteiger partial charge in [0, 0.05) is 19.3 Å². The first-order valence-electron chi connectivity index (χ1n) is 33.8. The zero-order valence-corrected chi connectivity index (χ0v) is 53.8. The summed E-state index contributed by atoms with van der Waals surface area (Å²) in [6, 6.07) is 0. The minimum atomic E-state index is -4.76. The number of aliphatic hydroxyl groups is 1. The number of unbranched alkanes of at least 4 members (excludes halogenated alkanes) is 34. The summed E-state index contributed by atoms with van der Waals surface area (Å²) < 4.78 is 39.8. The molecule has 2 N–H and O–H groups in total. The average Bonchev–Trinajstić information content (AvgIpc) is 3.50. The number of aliphatic hydroxyl groups excluding tert-OH is 1. The van der Waals surface area contributed by atoms with Crippen LogP contribution in [-0.4, -0.2) is 66.5 Å². The van der Waals surface area contributed by atoms with E-state index in [-0.39, 0.29) is 25.9 Å². The average molecular weight is 1170 g/mol. The Morgan fingerprint density at radius 3 is 0.951 bits per heavy atom. The summed E-state index contributed by atoms with van der Waals surface area (Å²) in [5.74, 6) is -1.48. The lowest BCUT2D eigenvalue weighted by Crippen LogP contribution is -2.30. The van der Waals surface area contributed by atoms with Gasteiger partial charge >= 0.3 is 25.7 Å². The molecule has 0 bridgehead atoms. The first-order chi connectivity index (χ1) is 40.2. The molecular formula is C70H125O11P. The zero-order valence-electron chi connectivity index (χ0n) is 53.0. The summed E-state index contributed by atoms with van der Waals surface area (Å²) in [5, 5.41) is 9.87. The molecule has 0 aromatic heterocycles. The van der Waals surface area contributed by atoms with Crippen LogP contribution in [-0.2, 0) is 42.2 Å². The Kier molecular flexibility index (Phi) is 61.5. The second kappa shape index (κ2) is 63.9. The Bertz CT molecular complexity index is 1650. The van der Waals surface area contributed by atoms with Gasteiger partial charge in [0.2, 0.25) is 0 Å². The molecule has 82 heavy (non-hydrogen) atoms. The van der Waals surface area contributed by atoms with Gasteiger partial charge in [-0.3, -0.25) is 23.4 Å². The standard InChI is InChI=1S/C70H125O11P/c1-4-7-10-13-16-19-22-25-28-31-33-36-38-41-44-47-50-53-56-59-68(72)77-63-67(81-70(74)61-58-55-52-49-46-43-40-37-34-32-29-26-23-20-17-14-11-8-5-2)65-79-82(75,76)78-64-66(62-71)80-69(73)60-57-54-51-48-45-42-39-35-30-27-24-21-18-15-12-9-6-3/h17-18,20-21,25-30,34,37,66-67,71H,4-16,19,22-24,31-33,35-36,38-65H2,1-3H3,(H,75,76)/b20-17-,21-18-,28-25-,29-26-,30-27-,37-34-. The van der Waals surface area contributed by atoms with Crippen molar-refractivity contribution in [3.8, 4) is 0 Å². The molecule has 0 aliphatic rings.